The van der Waals surface area contributed by atoms with E-state index in [0.29, 0.717) is 36.3 Å². The van der Waals surface area contributed by atoms with E-state index in [4.69, 9.17) is 11.6 Å². The third-order valence-corrected chi connectivity index (χ3v) is 9.21. The fourth-order valence-electron chi connectivity index (χ4n) is 5.20. The second kappa shape index (κ2) is 10.9. The van der Waals surface area contributed by atoms with Gasteiger partial charge in [0.25, 0.3) is 5.91 Å². The lowest BCUT2D eigenvalue weighted by molar-refractivity contribution is -0.202. The molecule has 2 aromatic carbocycles. The van der Waals surface area contributed by atoms with Crippen molar-refractivity contribution < 1.29 is 26.4 Å². The van der Waals surface area contributed by atoms with Crippen molar-refractivity contribution in [2.45, 2.75) is 30.0 Å². The lowest BCUT2D eigenvalue weighted by Crippen LogP contribution is -2.63. The maximum absolute atomic E-state index is 13.6. The van der Waals surface area contributed by atoms with Gasteiger partial charge in [-0.15, -0.1) is 0 Å². The number of aromatic nitrogens is 1. The van der Waals surface area contributed by atoms with E-state index in [1.165, 1.54) is 12.1 Å². The molecule has 39 heavy (non-hydrogen) atoms. The minimum Gasteiger partial charge on any atom is -0.371 e. The Hall–Kier alpha value is -2.93. The minimum atomic E-state index is -4.53. The lowest BCUT2D eigenvalue weighted by atomic mass is 10.0. The van der Waals surface area contributed by atoms with E-state index >= 15 is 0 Å². The number of rotatable bonds is 6. The number of amides is 1. The largest absolute Gasteiger partial charge is 0.403 e. The van der Waals surface area contributed by atoms with Crippen molar-refractivity contribution in [1.29, 1.82) is 0 Å². The number of piperidine rings is 1. The van der Waals surface area contributed by atoms with E-state index in [2.05, 4.69) is 9.88 Å². The van der Waals surface area contributed by atoms with Crippen molar-refractivity contribution in [1.82, 2.24) is 19.3 Å². The third-order valence-electron chi connectivity index (χ3n) is 7.14. The van der Waals surface area contributed by atoms with Gasteiger partial charge in [0.1, 0.15) is 6.54 Å². The molecule has 5 rings (SSSR count). The number of alkyl halides is 3. The first-order valence-electron chi connectivity index (χ1n) is 12.5. The number of sulfonamides is 1. The molecular formula is C26H27ClF3N5O3S. The van der Waals surface area contributed by atoms with Crippen LogP contribution >= 0.6 is 11.6 Å². The predicted octanol–water partition coefficient (Wildman–Crippen LogP) is 4.17. The average Bonchev–Trinajstić information content (AvgIpc) is 2.91. The molecule has 2 aliphatic rings. The second-order valence-corrected chi connectivity index (χ2v) is 12.0. The zero-order valence-corrected chi connectivity index (χ0v) is 22.5. The molecule has 0 atom stereocenters. The summed E-state index contributed by atoms with van der Waals surface area (Å²) in [5, 5.41) is 4.14. The van der Waals surface area contributed by atoms with Crippen LogP contribution in [0.5, 0.6) is 0 Å². The molecule has 0 spiro atoms. The Morgan fingerprint density at radius 3 is 2.28 bits per heavy atom. The van der Waals surface area contributed by atoms with Gasteiger partial charge in [0, 0.05) is 48.8 Å². The number of hydrazine groups is 1. The highest BCUT2D eigenvalue weighted by Gasteiger charge is 2.42. The molecular weight excluding hydrogens is 555 g/mol. The second-order valence-electron chi connectivity index (χ2n) is 9.65. The van der Waals surface area contributed by atoms with Gasteiger partial charge in [-0.1, -0.05) is 23.7 Å². The maximum Gasteiger partial charge on any atom is 0.403 e. The molecule has 0 N–H and O–H groups in total. The zero-order valence-electron chi connectivity index (χ0n) is 20.9. The normalized spacial score (nSPS) is 18.3. The van der Waals surface area contributed by atoms with Crippen LogP contribution in [0.3, 0.4) is 0 Å². The summed E-state index contributed by atoms with van der Waals surface area (Å²) in [5.41, 5.74) is 0.942. The topological polar surface area (TPSA) is 77.1 Å². The molecule has 1 amide bonds. The number of halogens is 4. The molecule has 0 unspecified atom stereocenters. The molecule has 2 aliphatic heterocycles. The van der Waals surface area contributed by atoms with Crippen LogP contribution in [0.1, 0.15) is 12.8 Å². The summed E-state index contributed by atoms with van der Waals surface area (Å²) >= 11 is 6.01. The maximum atomic E-state index is 13.6. The number of nitrogens with zero attached hydrogens (tertiary/aromatic N) is 5. The molecule has 2 saturated heterocycles. The number of benzene rings is 2. The average molecular weight is 582 g/mol. The summed E-state index contributed by atoms with van der Waals surface area (Å²) in [6, 6.07) is 12.8. The van der Waals surface area contributed by atoms with Gasteiger partial charge in [-0.05, 0) is 60.0 Å². The Bertz CT molecular complexity index is 1450. The highest BCUT2D eigenvalue weighted by molar-refractivity contribution is 7.89. The molecule has 3 heterocycles. The monoisotopic (exact) mass is 581 g/mol. The van der Waals surface area contributed by atoms with Gasteiger partial charge in [0.05, 0.1) is 18.0 Å². The van der Waals surface area contributed by atoms with Crippen LogP contribution in [0, 0.1) is 0 Å². The highest BCUT2D eigenvalue weighted by Crippen LogP contribution is 2.29. The smallest absolute Gasteiger partial charge is 0.371 e. The van der Waals surface area contributed by atoms with Gasteiger partial charge < -0.3 is 4.90 Å². The van der Waals surface area contributed by atoms with Crippen LogP contribution in [0.2, 0.25) is 5.02 Å². The number of pyridine rings is 1. The molecule has 13 heteroatoms. The molecule has 2 fully saturated rings. The van der Waals surface area contributed by atoms with E-state index in [1.54, 1.807) is 36.7 Å². The molecule has 0 saturated carbocycles. The Labute approximate surface area is 229 Å². The number of hydrogen-bond acceptors (Lipinski definition) is 6. The van der Waals surface area contributed by atoms with Crippen LogP contribution in [0.4, 0.5) is 18.9 Å². The van der Waals surface area contributed by atoms with Crippen molar-refractivity contribution in [3.05, 3.63) is 65.9 Å². The fourth-order valence-corrected chi connectivity index (χ4v) is 6.79. The molecule has 0 radical (unpaired) electrons. The first kappa shape index (κ1) is 27.6. The van der Waals surface area contributed by atoms with Crippen LogP contribution < -0.4 is 4.90 Å². The number of fused-ring (bicyclic) bond motifs is 1. The molecule has 0 bridgehead atoms. The standard InChI is InChI=1S/C26H27ClF3N5O3S/c27-21-3-1-20-16-24(4-2-19(20)15-21)39(37,38)33-13-14-34(25(36)17-33)35(18-26(28,29)30)23-7-11-32(12-8-23)22-5-9-31-10-6-22/h1-6,9-10,15-16,23H,7-8,11-14,17-18H2. The van der Waals surface area contributed by atoms with Gasteiger partial charge in [0.15, 0.2) is 0 Å². The third kappa shape index (κ3) is 6.13. The van der Waals surface area contributed by atoms with Gasteiger partial charge in [-0.3, -0.25) is 14.8 Å². The number of piperazine rings is 1. The molecule has 0 aliphatic carbocycles. The molecule has 3 aromatic rings. The summed E-state index contributed by atoms with van der Waals surface area (Å²) in [6.07, 6.45) is -0.357. The van der Waals surface area contributed by atoms with Crippen molar-refractivity contribution in [3.63, 3.8) is 0 Å². The summed E-state index contributed by atoms with van der Waals surface area (Å²) in [6.45, 7) is -1.04. The van der Waals surface area contributed by atoms with Crippen LogP contribution in [0.25, 0.3) is 10.8 Å². The first-order valence-corrected chi connectivity index (χ1v) is 14.3. The number of hydrogen-bond donors (Lipinski definition) is 0. The number of anilines is 1. The first-order chi connectivity index (χ1) is 18.5. The van der Waals surface area contributed by atoms with Crippen molar-refractivity contribution in [2.24, 2.45) is 0 Å². The van der Waals surface area contributed by atoms with Gasteiger partial charge in [-0.2, -0.15) is 17.5 Å². The molecule has 8 nitrogen and oxygen atoms in total. The van der Waals surface area contributed by atoms with Crippen LogP contribution in [-0.4, -0.2) is 85.1 Å². The summed E-state index contributed by atoms with van der Waals surface area (Å²) < 4.78 is 68.6. The van der Waals surface area contributed by atoms with E-state index in [-0.39, 0.29) is 18.0 Å². The van der Waals surface area contributed by atoms with Crippen molar-refractivity contribution >= 4 is 44.0 Å². The van der Waals surface area contributed by atoms with E-state index in [9.17, 15) is 26.4 Å². The van der Waals surface area contributed by atoms with E-state index in [1.807, 2.05) is 12.1 Å². The summed E-state index contributed by atoms with van der Waals surface area (Å²) in [4.78, 5) is 19.2. The van der Waals surface area contributed by atoms with E-state index < -0.39 is 41.2 Å². The van der Waals surface area contributed by atoms with Gasteiger partial charge >= 0.3 is 6.18 Å². The van der Waals surface area contributed by atoms with Crippen LogP contribution in [0.15, 0.2) is 65.8 Å². The fraction of sp³-hybridized carbons (Fsp3) is 0.385. The minimum absolute atomic E-state index is 0.00852. The quantitative estimate of drug-likeness (QED) is 0.435. The Kier molecular flexibility index (Phi) is 7.73. The zero-order chi connectivity index (χ0) is 27.8. The SMILES string of the molecule is O=C1CN(S(=O)(=O)c2ccc3cc(Cl)ccc3c2)CCN1N(CC(F)(F)F)C1CCN(c2ccncc2)CC1. The van der Waals surface area contributed by atoms with Crippen molar-refractivity contribution in [3.8, 4) is 0 Å². The van der Waals surface area contributed by atoms with E-state index in [0.717, 1.165) is 25.4 Å². The Balaban J connectivity index is 1.30. The van der Waals surface area contributed by atoms with Crippen LogP contribution in [-0.2, 0) is 14.8 Å². The molecule has 1 aromatic heterocycles. The van der Waals surface area contributed by atoms with Gasteiger partial charge in [-0.25, -0.2) is 13.4 Å². The molecule has 208 valence electrons. The Morgan fingerprint density at radius 1 is 0.949 bits per heavy atom. The highest BCUT2D eigenvalue weighted by atomic mass is 35.5. The lowest BCUT2D eigenvalue weighted by Gasteiger charge is -2.46. The van der Waals surface area contributed by atoms with Crippen molar-refractivity contribution in [2.75, 3.05) is 44.2 Å². The Morgan fingerprint density at radius 2 is 1.62 bits per heavy atom. The predicted molar refractivity (Wildman–Crippen MR) is 142 cm³/mol. The summed E-state index contributed by atoms with van der Waals surface area (Å²) in [5.74, 6) is -0.682. The number of carbonyl (C=O) groups is 1. The van der Waals surface area contributed by atoms with Gasteiger partial charge in [0.2, 0.25) is 10.0 Å². The summed E-state index contributed by atoms with van der Waals surface area (Å²) in [7, 11) is -4.04. The number of carbonyl (C=O) groups excluding carboxylic acids is 1.